The van der Waals surface area contributed by atoms with Crippen LogP contribution in [0.2, 0.25) is 0 Å². The molecule has 0 amide bonds. The fourth-order valence-corrected chi connectivity index (χ4v) is 4.34. The van der Waals surface area contributed by atoms with Gasteiger partial charge >= 0.3 is 0 Å². The second kappa shape index (κ2) is 8.64. The number of hydrogen-bond acceptors (Lipinski definition) is 7. The molecule has 3 aromatic rings. The van der Waals surface area contributed by atoms with Crippen LogP contribution in [0.25, 0.3) is 0 Å². The summed E-state index contributed by atoms with van der Waals surface area (Å²) in [5, 5.41) is 12.9. The Morgan fingerprint density at radius 3 is 2.52 bits per heavy atom. The molecule has 2 aliphatic heterocycles. The Morgan fingerprint density at radius 2 is 1.74 bits per heavy atom. The number of rotatable bonds is 6. The van der Waals surface area contributed by atoms with Gasteiger partial charge in [0.05, 0.1) is 12.6 Å². The monoisotopic (exact) mass is 420 g/mol. The first-order chi connectivity index (χ1) is 15.2. The number of fused-ring (bicyclic) bond motifs is 1. The first kappa shape index (κ1) is 20.0. The number of benzene rings is 2. The first-order valence-electron chi connectivity index (χ1n) is 10.9. The van der Waals surface area contributed by atoms with Crippen LogP contribution in [0.3, 0.4) is 0 Å². The van der Waals surface area contributed by atoms with Gasteiger partial charge in [-0.05, 0) is 47.2 Å². The summed E-state index contributed by atoms with van der Waals surface area (Å²) in [6.45, 7) is 10.4. The zero-order valence-electron chi connectivity index (χ0n) is 18.1. The predicted molar refractivity (Wildman–Crippen MR) is 116 cm³/mol. The molecule has 31 heavy (non-hydrogen) atoms. The van der Waals surface area contributed by atoms with Crippen molar-refractivity contribution in [3.05, 3.63) is 65.0 Å². The molecule has 162 valence electrons. The largest absolute Gasteiger partial charge is 0.454 e. The molecule has 0 saturated carbocycles. The Hall–Kier alpha value is -2.97. The van der Waals surface area contributed by atoms with Crippen molar-refractivity contribution >= 4 is 0 Å². The lowest BCUT2D eigenvalue weighted by Crippen LogP contribution is -2.48. The molecule has 1 saturated heterocycles. The number of nitrogens with zero attached hydrogens (tertiary/aromatic N) is 6. The Balaban J connectivity index is 1.46. The second-order valence-corrected chi connectivity index (χ2v) is 8.17. The molecule has 2 aromatic carbocycles. The summed E-state index contributed by atoms with van der Waals surface area (Å²) < 4.78 is 12.9. The van der Waals surface area contributed by atoms with Gasteiger partial charge in [-0.25, -0.2) is 4.68 Å². The van der Waals surface area contributed by atoms with Crippen LogP contribution in [-0.4, -0.2) is 69.5 Å². The lowest BCUT2D eigenvalue weighted by molar-refractivity contribution is 0.108. The number of ether oxygens (including phenoxy) is 2. The van der Waals surface area contributed by atoms with E-state index >= 15 is 0 Å². The van der Waals surface area contributed by atoms with Crippen LogP contribution < -0.4 is 9.47 Å². The molecule has 8 nitrogen and oxygen atoms in total. The van der Waals surface area contributed by atoms with E-state index in [9.17, 15) is 0 Å². The maximum atomic E-state index is 5.54. The van der Waals surface area contributed by atoms with Gasteiger partial charge in [0.1, 0.15) is 0 Å². The Bertz CT molecular complexity index is 1030. The molecule has 0 spiro atoms. The number of tetrazole rings is 1. The molecule has 1 atom stereocenters. The minimum atomic E-state index is 0.0172. The summed E-state index contributed by atoms with van der Waals surface area (Å²) in [6.07, 6.45) is 0. The van der Waals surface area contributed by atoms with E-state index in [0.717, 1.165) is 55.6 Å². The average molecular weight is 421 g/mol. The lowest BCUT2D eigenvalue weighted by atomic mass is 10.0. The van der Waals surface area contributed by atoms with Crippen molar-refractivity contribution < 1.29 is 9.47 Å². The van der Waals surface area contributed by atoms with E-state index in [4.69, 9.17) is 9.47 Å². The minimum absolute atomic E-state index is 0.0172. The number of piperazine rings is 1. The highest BCUT2D eigenvalue weighted by molar-refractivity contribution is 5.44. The Morgan fingerprint density at radius 1 is 0.968 bits per heavy atom. The molecule has 1 fully saturated rings. The topological polar surface area (TPSA) is 68.5 Å². The van der Waals surface area contributed by atoms with Crippen molar-refractivity contribution in [1.82, 2.24) is 30.0 Å². The van der Waals surface area contributed by atoms with Gasteiger partial charge < -0.3 is 14.4 Å². The van der Waals surface area contributed by atoms with E-state index in [1.54, 1.807) is 0 Å². The molecule has 8 heteroatoms. The van der Waals surface area contributed by atoms with Crippen LogP contribution in [0.1, 0.15) is 35.5 Å². The fraction of sp³-hybridized carbons (Fsp3) is 0.435. The number of hydrogen-bond donors (Lipinski definition) is 0. The maximum Gasteiger partial charge on any atom is 0.231 e. The summed E-state index contributed by atoms with van der Waals surface area (Å²) >= 11 is 0. The smallest absolute Gasteiger partial charge is 0.231 e. The Kier molecular flexibility index (Phi) is 5.57. The molecule has 0 bridgehead atoms. The van der Waals surface area contributed by atoms with Crippen molar-refractivity contribution in [3.63, 3.8) is 0 Å². The number of aryl methyl sites for hydroxylation is 1. The van der Waals surface area contributed by atoms with Gasteiger partial charge in [0, 0.05) is 26.2 Å². The van der Waals surface area contributed by atoms with Crippen molar-refractivity contribution in [2.24, 2.45) is 0 Å². The van der Waals surface area contributed by atoms with Gasteiger partial charge in [-0.15, -0.1) is 5.10 Å². The normalized spacial score (nSPS) is 17.7. The van der Waals surface area contributed by atoms with Gasteiger partial charge in [0.15, 0.2) is 17.3 Å². The van der Waals surface area contributed by atoms with E-state index in [2.05, 4.69) is 63.4 Å². The van der Waals surface area contributed by atoms with Gasteiger partial charge in [0.2, 0.25) is 6.79 Å². The molecular weight excluding hydrogens is 392 g/mol. The summed E-state index contributed by atoms with van der Waals surface area (Å²) in [6, 6.07) is 14.7. The zero-order valence-corrected chi connectivity index (χ0v) is 18.1. The van der Waals surface area contributed by atoms with Crippen molar-refractivity contribution in [3.8, 4) is 11.5 Å². The van der Waals surface area contributed by atoms with Gasteiger partial charge in [0.25, 0.3) is 0 Å². The van der Waals surface area contributed by atoms with E-state index in [1.165, 1.54) is 11.1 Å². The first-order valence-corrected chi connectivity index (χ1v) is 10.9. The highest BCUT2D eigenvalue weighted by Crippen LogP contribution is 2.33. The van der Waals surface area contributed by atoms with Crippen LogP contribution in [0.4, 0.5) is 0 Å². The summed E-state index contributed by atoms with van der Waals surface area (Å²) in [5.74, 6) is 2.43. The van der Waals surface area contributed by atoms with Crippen molar-refractivity contribution in [1.29, 1.82) is 0 Å². The molecule has 0 aliphatic carbocycles. The highest BCUT2D eigenvalue weighted by atomic mass is 16.7. The third-order valence-electron chi connectivity index (χ3n) is 6.19. The molecule has 5 rings (SSSR count). The SMILES string of the molecule is CCN1CCN([C@H](c2ccc(C)cc2)c2nnnn2Cc2ccc3c(c2)OCO3)CC1. The van der Waals surface area contributed by atoms with Crippen molar-refractivity contribution in [2.45, 2.75) is 26.4 Å². The zero-order chi connectivity index (χ0) is 21.2. The second-order valence-electron chi connectivity index (χ2n) is 8.17. The molecule has 3 heterocycles. The Labute approximate surface area is 182 Å². The van der Waals surface area contributed by atoms with Crippen LogP contribution in [0, 0.1) is 6.92 Å². The summed E-state index contributed by atoms with van der Waals surface area (Å²) in [4.78, 5) is 4.98. The summed E-state index contributed by atoms with van der Waals surface area (Å²) in [7, 11) is 0. The molecule has 0 N–H and O–H groups in total. The van der Waals surface area contributed by atoms with Crippen LogP contribution in [-0.2, 0) is 6.54 Å². The minimum Gasteiger partial charge on any atom is -0.454 e. The van der Waals surface area contributed by atoms with Crippen LogP contribution in [0.5, 0.6) is 11.5 Å². The molecule has 2 aliphatic rings. The van der Waals surface area contributed by atoms with Gasteiger partial charge in [-0.3, -0.25) is 4.90 Å². The average Bonchev–Trinajstić information content (AvgIpc) is 3.45. The van der Waals surface area contributed by atoms with Crippen LogP contribution in [0.15, 0.2) is 42.5 Å². The standard InChI is InChI=1S/C23H28N6O2/c1-3-27-10-12-28(13-11-27)22(19-7-4-17(2)5-8-19)23-24-25-26-29(23)15-18-6-9-20-21(14-18)31-16-30-20/h4-9,14,22H,3,10-13,15-16H2,1-2H3/t22-/m1/s1. The molecule has 0 unspecified atom stereocenters. The van der Waals surface area contributed by atoms with Crippen LogP contribution >= 0.6 is 0 Å². The third kappa shape index (κ3) is 4.13. The lowest BCUT2D eigenvalue weighted by Gasteiger charge is -2.38. The quantitative estimate of drug-likeness (QED) is 0.607. The van der Waals surface area contributed by atoms with E-state index in [-0.39, 0.29) is 12.8 Å². The predicted octanol–water partition coefficient (Wildman–Crippen LogP) is 2.49. The highest BCUT2D eigenvalue weighted by Gasteiger charge is 2.30. The molecule has 1 aromatic heterocycles. The van der Waals surface area contributed by atoms with Gasteiger partial charge in [-0.2, -0.15) is 0 Å². The van der Waals surface area contributed by atoms with E-state index in [0.29, 0.717) is 6.54 Å². The maximum absolute atomic E-state index is 5.54. The fourth-order valence-electron chi connectivity index (χ4n) is 4.34. The molecular formula is C23H28N6O2. The van der Waals surface area contributed by atoms with E-state index in [1.807, 2.05) is 22.9 Å². The number of aromatic nitrogens is 4. The van der Waals surface area contributed by atoms with Crippen molar-refractivity contribution in [2.75, 3.05) is 39.5 Å². The van der Waals surface area contributed by atoms with E-state index < -0.39 is 0 Å². The summed E-state index contributed by atoms with van der Waals surface area (Å²) in [5.41, 5.74) is 3.55. The third-order valence-corrected chi connectivity index (χ3v) is 6.19. The van der Waals surface area contributed by atoms with Gasteiger partial charge in [-0.1, -0.05) is 42.8 Å². The number of likely N-dealkylation sites (N-methyl/N-ethyl adjacent to an activating group) is 1. The molecule has 0 radical (unpaired) electrons.